The molecule has 6 heteroatoms. The quantitative estimate of drug-likeness (QED) is 0.598. The SMILES string of the molecule is Cc1ccc2c(C#N)c(C3=CC=CCN3C3(C(F)(F)F)CC3)n(C3CCCC3)c2c1. The Morgan fingerprint density at radius 3 is 2.53 bits per heavy atom. The van der Waals surface area contributed by atoms with Crippen LogP contribution in [-0.4, -0.2) is 27.7 Å². The number of nitrogens with zero attached hydrogens (tertiary/aromatic N) is 3. The Morgan fingerprint density at radius 1 is 1.17 bits per heavy atom. The summed E-state index contributed by atoms with van der Waals surface area (Å²) in [5.41, 5.74) is 1.90. The van der Waals surface area contributed by atoms with Crippen molar-refractivity contribution >= 4 is 16.6 Å². The van der Waals surface area contributed by atoms with Crippen LogP contribution in [0.25, 0.3) is 16.6 Å². The molecule has 3 aliphatic rings. The minimum Gasteiger partial charge on any atom is -0.352 e. The third-order valence-corrected chi connectivity index (χ3v) is 6.94. The van der Waals surface area contributed by atoms with Crippen LogP contribution in [0.4, 0.5) is 13.2 Å². The van der Waals surface area contributed by atoms with Gasteiger partial charge >= 0.3 is 6.18 Å². The van der Waals surface area contributed by atoms with Crippen LogP contribution < -0.4 is 0 Å². The number of halogens is 3. The first-order valence-corrected chi connectivity index (χ1v) is 10.6. The molecule has 0 spiro atoms. The fourth-order valence-electron chi connectivity index (χ4n) is 5.28. The molecular weight excluding hydrogens is 387 g/mol. The van der Waals surface area contributed by atoms with Crippen molar-refractivity contribution in [2.24, 2.45) is 0 Å². The number of nitriles is 1. The smallest absolute Gasteiger partial charge is 0.352 e. The average molecular weight is 411 g/mol. The molecule has 0 atom stereocenters. The summed E-state index contributed by atoms with van der Waals surface area (Å²) in [6, 6.07) is 8.53. The summed E-state index contributed by atoms with van der Waals surface area (Å²) in [7, 11) is 0. The van der Waals surface area contributed by atoms with Crippen LogP contribution in [-0.2, 0) is 0 Å². The van der Waals surface area contributed by atoms with Crippen molar-refractivity contribution in [3.8, 4) is 6.07 Å². The van der Waals surface area contributed by atoms with Crippen molar-refractivity contribution in [2.45, 2.75) is 63.2 Å². The van der Waals surface area contributed by atoms with E-state index in [0.29, 0.717) is 17.0 Å². The number of fused-ring (bicyclic) bond motifs is 1. The number of hydrogen-bond donors (Lipinski definition) is 0. The maximum Gasteiger partial charge on any atom is 0.411 e. The van der Waals surface area contributed by atoms with Crippen LogP contribution in [0.2, 0.25) is 0 Å². The van der Waals surface area contributed by atoms with Crippen LogP contribution in [0.5, 0.6) is 0 Å². The third kappa shape index (κ3) is 2.71. The lowest BCUT2D eigenvalue weighted by Gasteiger charge is -2.38. The van der Waals surface area contributed by atoms with Crippen LogP contribution in [0.3, 0.4) is 0 Å². The largest absolute Gasteiger partial charge is 0.411 e. The van der Waals surface area contributed by atoms with Gasteiger partial charge in [0.1, 0.15) is 11.6 Å². The molecule has 0 unspecified atom stereocenters. The predicted octanol–water partition coefficient (Wildman–Crippen LogP) is 6.24. The first-order chi connectivity index (χ1) is 14.4. The van der Waals surface area contributed by atoms with Gasteiger partial charge in [-0.1, -0.05) is 37.1 Å². The number of allylic oxidation sites excluding steroid dienone is 2. The molecule has 2 saturated carbocycles. The Kier molecular flexibility index (Phi) is 4.29. The van der Waals surface area contributed by atoms with Crippen molar-refractivity contribution in [3.05, 3.63) is 53.2 Å². The summed E-state index contributed by atoms with van der Waals surface area (Å²) in [6.07, 6.45) is 5.45. The van der Waals surface area contributed by atoms with E-state index >= 15 is 0 Å². The Hall–Kier alpha value is -2.68. The molecule has 1 aliphatic heterocycles. The van der Waals surface area contributed by atoms with Gasteiger partial charge in [-0.05, 0) is 50.3 Å². The van der Waals surface area contributed by atoms with Gasteiger partial charge in [0.15, 0.2) is 0 Å². The zero-order valence-corrected chi connectivity index (χ0v) is 17.0. The Labute approximate surface area is 174 Å². The highest BCUT2D eigenvalue weighted by Crippen LogP contribution is 2.57. The van der Waals surface area contributed by atoms with E-state index in [1.807, 2.05) is 25.1 Å². The molecule has 0 N–H and O–H groups in total. The van der Waals surface area contributed by atoms with Gasteiger partial charge in [-0.2, -0.15) is 18.4 Å². The number of hydrogen-bond acceptors (Lipinski definition) is 2. The molecule has 2 heterocycles. The van der Waals surface area contributed by atoms with E-state index in [9.17, 15) is 18.4 Å². The van der Waals surface area contributed by atoms with E-state index in [0.717, 1.165) is 42.1 Å². The number of benzene rings is 1. The minimum atomic E-state index is -4.30. The van der Waals surface area contributed by atoms with Gasteiger partial charge in [0.25, 0.3) is 0 Å². The molecule has 5 rings (SSSR count). The molecule has 0 bridgehead atoms. The lowest BCUT2D eigenvalue weighted by molar-refractivity contribution is -0.186. The maximum absolute atomic E-state index is 14.0. The molecule has 1 aromatic carbocycles. The summed E-state index contributed by atoms with van der Waals surface area (Å²) >= 11 is 0. The molecule has 156 valence electrons. The monoisotopic (exact) mass is 411 g/mol. The van der Waals surface area contributed by atoms with Gasteiger partial charge in [-0.25, -0.2) is 0 Å². The molecular formula is C24H24F3N3. The van der Waals surface area contributed by atoms with E-state index in [1.54, 1.807) is 12.2 Å². The van der Waals surface area contributed by atoms with E-state index in [2.05, 4.69) is 16.7 Å². The zero-order chi connectivity index (χ0) is 21.1. The van der Waals surface area contributed by atoms with Crippen LogP contribution in [0.15, 0.2) is 36.4 Å². The summed E-state index contributed by atoms with van der Waals surface area (Å²) in [6.45, 7) is 2.22. The van der Waals surface area contributed by atoms with Crippen LogP contribution in [0, 0.1) is 18.3 Å². The normalized spacial score (nSPS) is 21.2. The zero-order valence-electron chi connectivity index (χ0n) is 17.0. The minimum absolute atomic E-state index is 0.104. The fraction of sp³-hybridized carbons (Fsp3) is 0.458. The second-order valence-corrected chi connectivity index (χ2v) is 8.78. The number of alkyl halides is 3. The van der Waals surface area contributed by atoms with Crippen molar-refractivity contribution in [3.63, 3.8) is 0 Å². The maximum atomic E-state index is 14.0. The first-order valence-electron chi connectivity index (χ1n) is 10.6. The molecule has 0 radical (unpaired) electrons. The summed E-state index contributed by atoms with van der Waals surface area (Å²) in [5, 5.41) is 10.9. The second kappa shape index (κ2) is 6.66. The number of rotatable bonds is 3. The van der Waals surface area contributed by atoms with Gasteiger partial charge in [0.05, 0.1) is 22.5 Å². The Balaban J connectivity index is 1.77. The lowest BCUT2D eigenvalue weighted by atomic mass is 10.0. The number of aryl methyl sites for hydroxylation is 1. The fourth-order valence-corrected chi connectivity index (χ4v) is 5.28. The van der Waals surface area contributed by atoms with Crippen molar-refractivity contribution < 1.29 is 13.2 Å². The van der Waals surface area contributed by atoms with Gasteiger partial charge in [0.2, 0.25) is 0 Å². The molecule has 2 aliphatic carbocycles. The molecule has 0 saturated heterocycles. The molecule has 2 fully saturated rings. The van der Waals surface area contributed by atoms with Crippen LogP contribution in [0.1, 0.15) is 61.4 Å². The molecule has 3 nitrogen and oxygen atoms in total. The lowest BCUT2D eigenvalue weighted by Crippen LogP contribution is -2.48. The van der Waals surface area contributed by atoms with E-state index < -0.39 is 11.7 Å². The number of aromatic nitrogens is 1. The van der Waals surface area contributed by atoms with Gasteiger partial charge < -0.3 is 9.47 Å². The summed E-state index contributed by atoms with van der Waals surface area (Å²) < 4.78 is 44.3. The van der Waals surface area contributed by atoms with Gasteiger partial charge in [0, 0.05) is 18.0 Å². The van der Waals surface area contributed by atoms with Gasteiger partial charge in [-0.3, -0.25) is 0 Å². The molecule has 30 heavy (non-hydrogen) atoms. The third-order valence-electron chi connectivity index (χ3n) is 6.94. The topological polar surface area (TPSA) is 32.0 Å². The standard InChI is InChI=1S/C24H24F3N3/c1-16-9-10-18-19(15-28)22(30(21(18)14-16)17-6-2-3-7-17)20-8-4-5-13-29(20)23(11-12-23)24(25,26)27/h4-5,8-10,14,17H,2-3,6-7,11-13H2,1H3. The summed E-state index contributed by atoms with van der Waals surface area (Å²) in [4.78, 5) is 1.50. The highest BCUT2D eigenvalue weighted by Gasteiger charge is 2.67. The van der Waals surface area contributed by atoms with E-state index in [-0.39, 0.29) is 25.4 Å². The molecule has 1 aromatic heterocycles. The second-order valence-electron chi connectivity index (χ2n) is 8.78. The highest BCUT2D eigenvalue weighted by atomic mass is 19.4. The predicted molar refractivity (Wildman–Crippen MR) is 111 cm³/mol. The average Bonchev–Trinajstić information content (AvgIpc) is 3.25. The van der Waals surface area contributed by atoms with Crippen molar-refractivity contribution in [1.29, 1.82) is 5.26 Å². The molecule has 2 aromatic rings. The Morgan fingerprint density at radius 2 is 1.90 bits per heavy atom. The van der Waals surface area contributed by atoms with Gasteiger partial charge in [-0.15, -0.1) is 0 Å². The van der Waals surface area contributed by atoms with Crippen molar-refractivity contribution in [1.82, 2.24) is 9.47 Å². The molecule has 0 amide bonds. The highest BCUT2D eigenvalue weighted by molar-refractivity contribution is 5.93. The first kappa shape index (κ1) is 19.3. The van der Waals surface area contributed by atoms with E-state index in [4.69, 9.17) is 0 Å². The van der Waals surface area contributed by atoms with Crippen molar-refractivity contribution in [2.75, 3.05) is 6.54 Å². The van der Waals surface area contributed by atoms with Crippen LogP contribution >= 0.6 is 0 Å². The Bertz CT molecular complexity index is 1100. The summed E-state index contributed by atoms with van der Waals surface area (Å²) in [5.74, 6) is 0. The van der Waals surface area contributed by atoms with E-state index in [1.165, 1.54) is 4.90 Å².